The first-order valence-electron chi connectivity index (χ1n) is 19.7. The minimum Gasteiger partial charge on any atom is -0.454 e. The molecule has 6 aromatic rings. The Balaban J connectivity index is 1.18. The molecule has 0 N–H and O–H groups in total. The molecule has 7 nitrogen and oxygen atoms in total. The monoisotopic (exact) mass is 712 g/mol. The first-order chi connectivity index (χ1) is 26.3. The third-order valence-electron chi connectivity index (χ3n) is 13.3. The van der Waals surface area contributed by atoms with Gasteiger partial charge in [-0.1, -0.05) is 87.9 Å². The molecule has 4 atom stereocenters. The Morgan fingerprint density at radius 1 is 0.833 bits per heavy atom. The second-order valence-electron chi connectivity index (χ2n) is 15.8. The van der Waals surface area contributed by atoms with Crippen molar-refractivity contribution >= 4 is 44.8 Å². The highest BCUT2D eigenvalue weighted by molar-refractivity contribution is 6.11. The van der Waals surface area contributed by atoms with Gasteiger partial charge in [-0.2, -0.15) is 0 Å². The van der Waals surface area contributed by atoms with Gasteiger partial charge in [0.05, 0.1) is 11.9 Å². The smallest absolute Gasteiger partial charge is 0.161 e. The van der Waals surface area contributed by atoms with Gasteiger partial charge < -0.3 is 24.0 Å². The largest absolute Gasteiger partial charge is 0.454 e. The number of rotatable bonds is 7. The van der Waals surface area contributed by atoms with Crippen molar-refractivity contribution in [2.45, 2.75) is 78.0 Å². The van der Waals surface area contributed by atoms with Gasteiger partial charge in [-0.25, -0.2) is 9.97 Å². The molecule has 4 aromatic carbocycles. The number of aromatic nitrogens is 2. The molecule has 1 saturated carbocycles. The van der Waals surface area contributed by atoms with Crippen molar-refractivity contribution in [3.05, 3.63) is 131 Å². The van der Waals surface area contributed by atoms with E-state index in [4.69, 9.17) is 14.4 Å². The van der Waals surface area contributed by atoms with Crippen molar-refractivity contribution in [1.29, 1.82) is 0 Å². The minimum absolute atomic E-state index is 0.0987. The zero-order chi connectivity index (χ0) is 37.1. The number of benzene rings is 4. The Bertz CT molecular complexity index is 2570. The fraction of sp³-hybridized carbons (Fsp3) is 0.319. The molecule has 272 valence electrons. The summed E-state index contributed by atoms with van der Waals surface area (Å²) in [6.45, 7) is 11.4. The van der Waals surface area contributed by atoms with Gasteiger partial charge in [-0.15, -0.1) is 0 Å². The summed E-state index contributed by atoms with van der Waals surface area (Å²) in [5, 5.41) is 2.41. The molecule has 3 aliphatic heterocycles. The zero-order valence-corrected chi connectivity index (χ0v) is 32.4. The molecule has 4 unspecified atom stereocenters. The average Bonchev–Trinajstić information content (AvgIpc) is 3.45. The molecule has 7 heteroatoms. The molecule has 0 amide bonds. The number of aryl methyl sites for hydroxylation is 3. The van der Waals surface area contributed by atoms with E-state index in [-0.39, 0.29) is 23.2 Å². The highest BCUT2D eigenvalue weighted by Crippen LogP contribution is 2.80. The van der Waals surface area contributed by atoms with Gasteiger partial charge in [0.1, 0.15) is 23.6 Å². The third kappa shape index (κ3) is 4.13. The van der Waals surface area contributed by atoms with E-state index in [9.17, 15) is 0 Å². The molecule has 10 rings (SSSR count). The highest BCUT2D eigenvalue weighted by atomic mass is 16.3. The van der Waals surface area contributed by atoms with E-state index >= 15 is 0 Å². The fourth-order valence-corrected chi connectivity index (χ4v) is 10.8. The number of para-hydroxylation sites is 1. The van der Waals surface area contributed by atoms with Crippen molar-refractivity contribution in [1.82, 2.24) is 14.9 Å². The first-order valence-corrected chi connectivity index (χ1v) is 19.7. The maximum atomic E-state index is 6.88. The van der Waals surface area contributed by atoms with Gasteiger partial charge in [-0.3, -0.25) is 0 Å². The van der Waals surface area contributed by atoms with Crippen LogP contribution in [0, 0.1) is 19.3 Å². The van der Waals surface area contributed by atoms with Crippen molar-refractivity contribution in [3.8, 4) is 11.4 Å². The summed E-state index contributed by atoms with van der Waals surface area (Å²) < 4.78 is 6.88. The van der Waals surface area contributed by atoms with E-state index < -0.39 is 0 Å². The van der Waals surface area contributed by atoms with E-state index in [0.717, 1.165) is 59.7 Å². The number of hydrogen-bond donors (Lipinski definition) is 0. The number of nitrogens with zero attached hydrogens (tertiary/aromatic N) is 6. The average molecular weight is 713 g/mol. The van der Waals surface area contributed by atoms with Crippen molar-refractivity contribution < 1.29 is 4.42 Å². The Kier molecular flexibility index (Phi) is 7.17. The van der Waals surface area contributed by atoms with E-state index in [2.05, 4.69) is 166 Å². The third-order valence-corrected chi connectivity index (χ3v) is 13.3. The van der Waals surface area contributed by atoms with Crippen LogP contribution >= 0.6 is 0 Å². The van der Waals surface area contributed by atoms with Gasteiger partial charge in [0, 0.05) is 59.3 Å². The number of anilines is 4. The van der Waals surface area contributed by atoms with Crippen LogP contribution in [-0.4, -0.2) is 41.3 Å². The second-order valence-corrected chi connectivity index (χ2v) is 15.8. The maximum absolute atomic E-state index is 6.88. The SMILES string of the molecule is CCCc1ccc2oc3c4c(ccc3c2c1)C1(CC)/C(=C\C2N(C)c3nc(-c5ccccc5C)ncc3N2c2ccccc2C)C1(CC)C1N(C)C=CN41. The van der Waals surface area contributed by atoms with Crippen LogP contribution in [0.1, 0.15) is 62.3 Å². The van der Waals surface area contributed by atoms with Crippen molar-refractivity contribution in [3.63, 3.8) is 0 Å². The number of fused-ring (bicyclic) bond motifs is 11. The zero-order valence-electron chi connectivity index (χ0n) is 32.4. The summed E-state index contributed by atoms with van der Waals surface area (Å²) in [4.78, 5) is 20.1. The first kappa shape index (κ1) is 33.0. The lowest BCUT2D eigenvalue weighted by Gasteiger charge is -2.44. The summed E-state index contributed by atoms with van der Waals surface area (Å²) in [6, 6.07) is 28.6. The molecule has 1 fully saturated rings. The Morgan fingerprint density at radius 2 is 1.63 bits per heavy atom. The Hall–Kier alpha value is -5.56. The predicted octanol–water partition coefficient (Wildman–Crippen LogP) is 10.8. The van der Waals surface area contributed by atoms with Gasteiger partial charge in [0.25, 0.3) is 0 Å². The summed E-state index contributed by atoms with van der Waals surface area (Å²) in [7, 11) is 4.45. The van der Waals surface area contributed by atoms with Crippen LogP contribution in [0.3, 0.4) is 0 Å². The maximum Gasteiger partial charge on any atom is 0.161 e. The van der Waals surface area contributed by atoms with Crippen LogP contribution in [0.15, 0.2) is 114 Å². The quantitative estimate of drug-likeness (QED) is 0.153. The lowest BCUT2D eigenvalue weighted by Crippen LogP contribution is -2.50. The van der Waals surface area contributed by atoms with E-state index in [1.54, 1.807) is 0 Å². The van der Waals surface area contributed by atoms with Gasteiger partial charge in [0.2, 0.25) is 0 Å². The van der Waals surface area contributed by atoms with Crippen LogP contribution in [0.5, 0.6) is 0 Å². The molecule has 5 heterocycles. The summed E-state index contributed by atoms with van der Waals surface area (Å²) in [6.07, 6.45) is 13.4. The summed E-state index contributed by atoms with van der Waals surface area (Å²) in [5.74, 6) is 1.70. The molecule has 4 aliphatic rings. The molecule has 1 aliphatic carbocycles. The summed E-state index contributed by atoms with van der Waals surface area (Å²) in [5.41, 5.74) is 12.8. The molecule has 54 heavy (non-hydrogen) atoms. The number of furan rings is 1. The minimum atomic E-state index is -0.163. The van der Waals surface area contributed by atoms with Gasteiger partial charge in [0.15, 0.2) is 17.2 Å². The molecular weight excluding hydrogens is 665 g/mol. The standard InChI is InChI=1S/C47H48N6O/c1-8-15-31-20-23-38-34(26-31)33-21-22-35-41(42(33)54-38)52-25-24-50(6)45(52)47(10-3)39(46(35,47)9-2)27-40-51(7)44-37(53(40)36-19-14-12-17-30(36)5)28-48-43(49-44)32-18-13-11-16-29(32)4/h11-14,16-28,40,45H,8-10,15H2,1-7H3/b39-27+. The van der Waals surface area contributed by atoms with Crippen LogP contribution in [0.25, 0.3) is 33.3 Å². The van der Waals surface area contributed by atoms with E-state index in [1.807, 2.05) is 6.20 Å². The molecule has 0 bridgehead atoms. The second kappa shape index (κ2) is 11.7. The normalized spacial score (nSPS) is 24.5. The molecule has 0 saturated heterocycles. The number of likely N-dealkylation sites (N-methyl/N-ethyl adjacent to an activating group) is 1. The molecule has 0 spiro atoms. The predicted molar refractivity (Wildman–Crippen MR) is 221 cm³/mol. The highest BCUT2D eigenvalue weighted by Gasteiger charge is 2.79. The molecule has 0 radical (unpaired) electrons. The topological polar surface area (TPSA) is 51.9 Å². The van der Waals surface area contributed by atoms with Crippen molar-refractivity contribution in [2.24, 2.45) is 5.41 Å². The van der Waals surface area contributed by atoms with E-state index in [0.29, 0.717) is 0 Å². The van der Waals surface area contributed by atoms with Crippen LogP contribution in [-0.2, 0) is 11.8 Å². The number of hydrogen-bond acceptors (Lipinski definition) is 7. The van der Waals surface area contributed by atoms with Gasteiger partial charge >= 0.3 is 0 Å². The Morgan fingerprint density at radius 3 is 2.39 bits per heavy atom. The van der Waals surface area contributed by atoms with Crippen molar-refractivity contribution in [2.75, 3.05) is 28.8 Å². The molecular formula is C47H48N6O. The van der Waals surface area contributed by atoms with Crippen LogP contribution in [0.4, 0.5) is 22.9 Å². The van der Waals surface area contributed by atoms with Crippen LogP contribution in [0.2, 0.25) is 0 Å². The molecule has 2 aromatic heterocycles. The Labute approximate surface area is 318 Å². The summed E-state index contributed by atoms with van der Waals surface area (Å²) >= 11 is 0. The van der Waals surface area contributed by atoms with Gasteiger partial charge in [-0.05, 0) is 85.2 Å². The van der Waals surface area contributed by atoms with E-state index in [1.165, 1.54) is 50.0 Å². The van der Waals surface area contributed by atoms with Crippen LogP contribution < -0.4 is 14.7 Å². The lowest BCUT2D eigenvalue weighted by atomic mass is 9.76. The fourth-order valence-electron chi connectivity index (χ4n) is 10.8. The lowest BCUT2D eigenvalue weighted by molar-refractivity contribution is 0.194.